The molecule has 3 heteroatoms. The van der Waals surface area contributed by atoms with E-state index < -0.39 is 6.10 Å². The van der Waals surface area contributed by atoms with Crippen LogP contribution in [0.2, 0.25) is 5.02 Å². The first-order chi connectivity index (χ1) is 8.61. The molecule has 0 saturated carbocycles. The number of aromatic nitrogens is 1. The van der Waals surface area contributed by atoms with Gasteiger partial charge in [0.2, 0.25) is 0 Å². The van der Waals surface area contributed by atoms with Crippen molar-refractivity contribution in [1.29, 1.82) is 0 Å². The number of nitrogens with zero attached hydrogens (tertiary/aromatic N) is 1. The Morgan fingerprint density at radius 3 is 2.61 bits per heavy atom. The van der Waals surface area contributed by atoms with Crippen molar-refractivity contribution < 1.29 is 5.11 Å². The number of aliphatic hydroxyl groups is 1. The Labute approximate surface area is 112 Å². The van der Waals surface area contributed by atoms with Gasteiger partial charge in [0.1, 0.15) is 0 Å². The van der Waals surface area contributed by atoms with Crippen LogP contribution in [0.15, 0.2) is 42.6 Å². The summed E-state index contributed by atoms with van der Waals surface area (Å²) in [5.41, 5.74) is 2.60. The molecule has 0 aliphatic rings. The fourth-order valence-electron chi connectivity index (χ4n) is 1.97. The van der Waals surface area contributed by atoms with E-state index in [1.165, 1.54) is 0 Å². The maximum absolute atomic E-state index is 10.4. The molecule has 1 N–H and O–H groups in total. The van der Waals surface area contributed by atoms with E-state index in [-0.39, 0.29) is 5.92 Å². The molecule has 0 aliphatic heterocycles. The highest BCUT2D eigenvalue weighted by Crippen LogP contribution is 2.34. The minimum absolute atomic E-state index is 0.0921. The first-order valence-electron chi connectivity index (χ1n) is 5.95. The third kappa shape index (κ3) is 2.55. The standard InChI is InChI=1S/C15H16ClNO/c1-10-6-5-7-12(14(10)16)15(18)11(2)13-8-3-4-9-17-13/h3-9,11,15,18H,1-2H3. The lowest BCUT2D eigenvalue weighted by atomic mass is 9.93. The first-order valence-corrected chi connectivity index (χ1v) is 6.33. The van der Waals surface area contributed by atoms with Crippen molar-refractivity contribution in [2.75, 3.05) is 0 Å². The average Bonchev–Trinajstić information content (AvgIpc) is 2.41. The average molecular weight is 262 g/mol. The molecule has 2 nitrogen and oxygen atoms in total. The van der Waals surface area contributed by atoms with E-state index in [0.717, 1.165) is 16.8 Å². The van der Waals surface area contributed by atoms with Gasteiger partial charge >= 0.3 is 0 Å². The van der Waals surface area contributed by atoms with E-state index in [0.29, 0.717) is 5.02 Å². The molecule has 0 aliphatic carbocycles. The van der Waals surface area contributed by atoms with E-state index in [9.17, 15) is 5.11 Å². The van der Waals surface area contributed by atoms with Gasteiger partial charge < -0.3 is 5.11 Å². The van der Waals surface area contributed by atoms with E-state index in [2.05, 4.69) is 4.98 Å². The van der Waals surface area contributed by atoms with Crippen LogP contribution in [-0.4, -0.2) is 10.1 Å². The largest absolute Gasteiger partial charge is 0.388 e. The molecule has 2 aromatic rings. The molecule has 2 rings (SSSR count). The fraction of sp³-hybridized carbons (Fsp3) is 0.267. The van der Waals surface area contributed by atoms with E-state index in [1.807, 2.05) is 50.2 Å². The van der Waals surface area contributed by atoms with Crippen molar-refractivity contribution in [2.24, 2.45) is 0 Å². The summed E-state index contributed by atoms with van der Waals surface area (Å²) in [5.74, 6) is -0.0921. The second-order valence-electron chi connectivity index (χ2n) is 4.47. The maximum Gasteiger partial charge on any atom is 0.0885 e. The van der Waals surface area contributed by atoms with Gasteiger partial charge in [-0.05, 0) is 24.6 Å². The number of aryl methyl sites for hydroxylation is 1. The molecule has 2 unspecified atom stereocenters. The molecule has 0 bridgehead atoms. The van der Waals surface area contributed by atoms with E-state index >= 15 is 0 Å². The number of halogens is 1. The molecule has 94 valence electrons. The third-order valence-corrected chi connectivity index (χ3v) is 3.68. The van der Waals surface area contributed by atoms with Crippen molar-refractivity contribution in [3.63, 3.8) is 0 Å². The number of benzene rings is 1. The topological polar surface area (TPSA) is 33.1 Å². The second-order valence-corrected chi connectivity index (χ2v) is 4.84. The van der Waals surface area contributed by atoms with Crippen LogP contribution in [0.25, 0.3) is 0 Å². The van der Waals surface area contributed by atoms with Crippen LogP contribution >= 0.6 is 11.6 Å². The molecule has 1 heterocycles. The van der Waals surface area contributed by atoms with Crippen LogP contribution in [0, 0.1) is 6.92 Å². The summed E-state index contributed by atoms with van der Waals surface area (Å²) >= 11 is 6.24. The van der Waals surface area contributed by atoms with Crippen LogP contribution in [0.4, 0.5) is 0 Å². The van der Waals surface area contributed by atoms with Gasteiger partial charge in [-0.25, -0.2) is 0 Å². The van der Waals surface area contributed by atoms with Crippen LogP contribution in [0.1, 0.15) is 35.8 Å². The Morgan fingerprint density at radius 1 is 1.17 bits per heavy atom. The molecule has 0 saturated heterocycles. The summed E-state index contributed by atoms with van der Waals surface area (Å²) in [6.45, 7) is 3.88. The minimum Gasteiger partial charge on any atom is -0.388 e. The zero-order valence-corrected chi connectivity index (χ0v) is 11.2. The number of pyridine rings is 1. The molecular formula is C15H16ClNO. The number of hydrogen-bond acceptors (Lipinski definition) is 2. The van der Waals surface area contributed by atoms with Crippen LogP contribution in [0.5, 0.6) is 0 Å². The van der Waals surface area contributed by atoms with Gasteiger partial charge in [0.05, 0.1) is 6.10 Å². The quantitative estimate of drug-likeness (QED) is 0.910. The van der Waals surface area contributed by atoms with E-state index in [4.69, 9.17) is 11.6 Å². The summed E-state index contributed by atoms with van der Waals surface area (Å²) in [5, 5.41) is 11.1. The van der Waals surface area contributed by atoms with Gasteiger partial charge in [-0.3, -0.25) is 4.98 Å². The number of hydrogen-bond donors (Lipinski definition) is 1. The van der Waals surface area contributed by atoms with Crippen LogP contribution in [0.3, 0.4) is 0 Å². The molecule has 2 atom stereocenters. The predicted molar refractivity (Wildman–Crippen MR) is 73.8 cm³/mol. The summed E-state index contributed by atoms with van der Waals surface area (Å²) in [6.07, 6.45) is 1.09. The highest BCUT2D eigenvalue weighted by Gasteiger charge is 2.21. The Kier molecular flexibility index (Phi) is 4.00. The summed E-state index contributed by atoms with van der Waals surface area (Å²) in [7, 11) is 0. The number of rotatable bonds is 3. The van der Waals surface area contributed by atoms with Gasteiger partial charge in [0.25, 0.3) is 0 Å². The molecule has 1 aromatic heterocycles. The molecule has 0 fully saturated rings. The van der Waals surface area contributed by atoms with Gasteiger partial charge in [-0.1, -0.05) is 42.8 Å². The molecule has 1 aromatic carbocycles. The Bertz CT molecular complexity index is 527. The monoisotopic (exact) mass is 261 g/mol. The van der Waals surface area contributed by atoms with Crippen molar-refractivity contribution >= 4 is 11.6 Å². The van der Waals surface area contributed by atoms with Gasteiger partial charge in [0, 0.05) is 28.4 Å². The minimum atomic E-state index is -0.646. The molecule has 0 amide bonds. The van der Waals surface area contributed by atoms with Crippen molar-refractivity contribution in [1.82, 2.24) is 4.98 Å². The fourth-order valence-corrected chi connectivity index (χ4v) is 2.21. The lowest BCUT2D eigenvalue weighted by Gasteiger charge is -2.20. The normalized spacial score (nSPS) is 14.2. The summed E-state index contributed by atoms with van der Waals surface area (Å²) < 4.78 is 0. The maximum atomic E-state index is 10.4. The zero-order valence-electron chi connectivity index (χ0n) is 10.5. The first kappa shape index (κ1) is 13.1. The SMILES string of the molecule is Cc1cccc(C(O)C(C)c2ccccn2)c1Cl. The van der Waals surface area contributed by atoms with Gasteiger partial charge in [0.15, 0.2) is 0 Å². The Balaban J connectivity index is 2.31. The zero-order chi connectivity index (χ0) is 13.1. The van der Waals surface area contributed by atoms with Crippen LogP contribution < -0.4 is 0 Å². The van der Waals surface area contributed by atoms with E-state index in [1.54, 1.807) is 6.20 Å². The van der Waals surface area contributed by atoms with Crippen molar-refractivity contribution in [3.05, 3.63) is 64.4 Å². The Hall–Kier alpha value is -1.38. The van der Waals surface area contributed by atoms with Gasteiger partial charge in [-0.15, -0.1) is 0 Å². The second kappa shape index (κ2) is 5.51. The predicted octanol–water partition coefficient (Wildman–Crippen LogP) is 3.88. The highest BCUT2D eigenvalue weighted by molar-refractivity contribution is 6.32. The number of aliphatic hydroxyl groups excluding tert-OH is 1. The molecule has 0 spiro atoms. The van der Waals surface area contributed by atoms with Crippen LogP contribution in [-0.2, 0) is 0 Å². The van der Waals surface area contributed by atoms with Crippen molar-refractivity contribution in [3.8, 4) is 0 Å². The summed E-state index contributed by atoms with van der Waals surface area (Å²) in [4.78, 5) is 4.27. The lowest BCUT2D eigenvalue weighted by molar-refractivity contribution is 0.150. The summed E-state index contributed by atoms with van der Waals surface area (Å²) in [6, 6.07) is 11.4. The molecule has 18 heavy (non-hydrogen) atoms. The Morgan fingerprint density at radius 2 is 1.94 bits per heavy atom. The third-order valence-electron chi connectivity index (χ3n) is 3.17. The molecular weight excluding hydrogens is 246 g/mol. The molecule has 0 radical (unpaired) electrons. The lowest BCUT2D eigenvalue weighted by Crippen LogP contribution is -2.10. The highest BCUT2D eigenvalue weighted by atomic mass is 35.5. The van der Waals surface area contributed by atoms with Crippen molar-refractivity contribution in [2.45, 2.75) is 25.9 Å². The smallest absolute Gasteiger partial charge is 0.0885 e. The van der Waals surface area contributed by atoms with Gasteiger partial charge in [-0.2, -0.15) is 0 Å².